The average Bonchev–Trinajstić information content (AvgIpc) is 2.31. The molecule has 0 aliphatic rings. The summed E-state index contributed by atoms with van der Waals surface area (Å²) in [4.78, 5) is 10.3. The predicted octanol–water partition coefficient (Wildman–Crippen LogP) is 4.10. The van der Waals surface area contributed by atoms with Gasteiger partial charge < -0.3 is 10.8 Å². The third-order valence-corrected chi connectivity index (χ3v) is 3.38. The van der Waals surface area contributed by atoms with Gasteiger partial charge in [-0.05, 0) is 19.3 Å². The van der Waals surface area contributed by atoms with E-state index >= 15 is 0 Å². The fourth-order valence-corrected chi connectivity index (χ4v) is 2.26. The molecule has 1 atom stereocenters. The van der Waals surface area contributed by atoms with Crippen molar-refractivity contribution in [2.75, 3.05) is 0 Å². The first-order valence-corrected chi connectivity index (χ1v) is 7.64. The summed E-state index contributed by atoms with van der Waals surface area (Å²) >= 11 is 0. The molecular weight excluding hydrogens is 226 g/mol. The van der Waals surface area contributed by atoms with E-state index < -0.39 is 5.97 Å². The molecule has 1 unspecified atom stereocenters. The minimum Gasteiger partial charge on any atom is -0.481 e. The maximum atomic E-state index is 10.3. The van der Waals surface area contributed by atoms with Gasteiger partial charge in [-0.15, -0.1) is 0 Å². The van der Waals surface area contributed by atoms with Gasteiger partial charge in [0.1, 0.15) is 0 Å². The summed E-state index contributed by atoms with van der Waals surface area (Å²) < 4.78 is 0. The number of hydrogen-bond acceptors (Lipinski definition) is 2. The summed E-state index contributed by atoms with van der Waals surface area (Å²) in [5, 5.41) is 8.49. The standard InChI is InChI=1S/C15H31NO2/c1-2-11-14(16)12-9-7-5-3-4-6-8-10-13-15(17)18/h14H,2-13,16H2,1H3,(H,17,18). The average molecular weight is 257 g/mol. The SMILES string of the molecule is CCCC(N)CCCCCCCCCCC(=O)O. The molecule has 0 saturated heterocycles. The Kier molecular flexibility index (Phi) is 12.5. The number of carboxylic acid groups (broad SMARTS) is 1. The maximum Gasteiger partial charge on any atom is 0.303 e. The van der Waals surface area contributed by atoms with Gasteiger partial charge in [-0.3, -0.25) is 4.79 Å². The summed E-state index contributed by atoms with van der Waals surface area (Å²) in [6.07, 6.45) is 13.3. The van der Waals surface area contributed by atoms with Gasteiger partial charge in [0.15, 0.2) is 0 Å². The Morgan fingerprint density at radius 1 is 0.944 bits per heavy atom. The molecule has 0 aliphatic carbocycles. The van der Waals surface area contributed by atoms with Gasteiger partial charge in [0, 0.05) is 12.5 Å². The highest BCUT2D eigenvalue weighted by Gasteiger charge is 2.00. The molecule has 0 rings (SSSR count). The van der Waals surface area contributed by atoms with Crippen LogP contribution in [-0.4, -0.2) is 17.1 Å². The summed E-state index contributed by atoms with van der Waals surface area (Å²) in [6.45, 7) is 2.18. The van der Waals surface area contributed by atoms with Crippen LogP contribution in [0.3, 0.4) is 0 Å². The lowest BCUT2D eigenvalue weighted by atomic mass is 10.0. The highest BCUT2D eigenvalue weighted by atomic mass is 16.4. The second kappa shape index (κ2) is 12.9. The molecule has 0 heterocycles. The fourth-order valence-electron chi connectivity index (χ4n) is 2.26. The van der Waals surface area contributed by atoms with Crippen LogP contribution >= 0.6 is 0 Å². The van der Waals surface area contributed by atoms with E-state index in [1.54, 1.807) is 0 Å². The summed E-state index contributed by atoms with van der Waals surface area (Å²) in [5.74, 6) is -0.668. The highest BCUT2D eigenvalue weighted by Crippen LogP contribution is 2.12. The van der Waals surface area contributed by atoms with E-state index in [9.17, 15) is 4.79 Å². The molecule has 0 aromatic rings. The fraction of sp³-hybridized carbons (Fsp3) is 0.933. The van der Waals surface area contributed by atoms with E-state index in [1.807, 2.05) is 0 Å². The lowest BCUT2D eigenvalue weighted by Gasteiger charge is -2.09. The monoisotopic (exact) mass is 257 g/mol. The smallest absolute Gasteiger partial charge is 0.303 e. The second-order valence-corrected chi connectivity index (χ2v) is 5.31. The quantitative estimate of drug-likeness (QED) is 0.488. The zero-order valence-electron chi connectivity index (χ0n) is 12.0. The van der Waals surface area contributed by atoms with E-state index in [2.05, 4.69) is 6.92 Å². The van der Waals surface area contributed by atoms with Gasteiger partial charge in [0.2, 0.25) is 0 Å². The first-order chi connectivity index (χ1) is 8.66. The zero-order chi connectivity index (χ0) is 13.6. The minimum atomic E-state index is -0.668. The van der Waals surface area contributed by atoms with Crippen LogP contribution in [0.15, 0.2) is 0 Å². The third-order valence-electron chi connectivity index (χ3n) is 3.38. The number of carbonyl (C=O) groups is 1. The van der Waals surface area contributed by atoms with E-state index in [0.29, 0.717) is 12.5 Å². The number of aliphatic carboxylic acids is 1. The second-order valence-electron chi connectivity index (χ2n) is 5.31. The molecule has 3 heteroatoms. The lowest BCUT2D eigenvalue weighted by Crippen LogP contribution is -2.18. The molecule has 0 fully saturated rings. The van der Waals surface area contributed by atoms with Crippen molar-refractivity contribution in [3.63, 3.8) is 0 Å². The molecule has 0 saturated carbocycles. The third kappa shape index (κ3) is 13.5. The first kappa shape index (κ1) is 17.4. The predicted molar refractivity (Wildman–Crippen MR) is 76.7 cm³/mol. The number of nitrogens with two attached hydrogens (primary N) is 1. The summed E-state index contributed by atoms with van der Waals surface area (Å²) in [6, 6.07) is 0.408. The van der Waals surface area contributed by atoms with Gasteiger partial charge >= 0.3 is 5.97 Å². The first-order valence-electron chi connectivity index (χ1n) is 7.64. The Bertz CT molecular complexity index is 195. The van der Waals surface area contributed by atoms with Crippen molar-refractivity contribution in [3.8, 4) is 0 Å². The molecular formula is C15H31NO2. The molecule has 3 nitrogen and oxygen atoms in total. The van der Waals surface area contributed by atoms with Gasteiger partial charge in [0.25, 0.3) is 0 Å². The zero-order valence-corrected chi connectivity index (χ0v) is 12.0. The maximum absolute atomic E-state index is 10.3. The minimum absolute atomic E-state index is 0.329. The van der Waals surface area contributed by atoms with Gasteiger partial charge in [0.05, 0.1) is 0 Å². The van der Waals surface area contributed by atoms with Crippen molar-refractivity contribution < 1.29 is 9.90 Å². The molecule has 0 aliphatic heterocycles. The Morgan fingerprint density at radius 3 is 1.94 bits per heavy atom. The van der Waals surface area contributed by atoms with E-state index in [4.69, 9.17) is 10.8 Å². The van der Waals surface area contributed by atoms with Gasteiger partial charge in [-0.2, -0.15) is 0 Å². The lowest BCUT2D eigenvalue weighted by molar-refractivity contribution is -0.137. The van der Waals surface area contributed by atoms with Crippen molar-refractivity contribution in [1.29, 1.82) is 0 Å². The van der Waals surface area contributed by atoms with Crippen molar-refractivity contribution in [2.45, 2.75) is 90.0 Å². The van der Waals surface area contributed by atoms with Crippen LogP contribution in [0.4, 0.5) is 0 Å². The summed E-state index contributed by atoms with van der Waals surface area (Å²) in [7, 11) is 0. The molecule has 0 radical (unpaired) electrons. The van der Waals surface area contributed by atoms with Crippen LogP contribution in [0.5, 0.6) is 0 Å². The Hall–Kier alpha value is -0.570. The largest absolute Gasteiger partial charge is 0.481 e. The van der Waals surface area contributed by atoms with Crippen LogP contribution in [-0.2, 0) is 4.79 Å². The molecule has 0 aromatic heterocycles. The van der Waals surface area contributed by atoms with Crippen LogP contribution in [0, 0.1) is 0 Å². The Morgan fingerprint density at radius 2 is 1.44 bits per heavy atom. The van der Waals surface area contributed by atoms with Crippen LogP contribution in [0.1, 0.15) is 84.0 Å². The van der Waals surface area contributed by atoms with Crippen LogP contribution < -0.4 is 5.73 Å². The summed E-state index contributed by atoms with van der Waals surface area (Å²) in [5.41, 5.74) is 5.96. The molecule has 0 aromatic carbocycles. The number of hydrogen-bond donors (Lipinski definition) is 2. The van der Waals surface area contributed by atoms with E-state index in [-0.39, 0.29) is 0 Å². The van der Waals surface area contributed by atoms with Crippen molar-refractivity contribution >= 4 is 5.97 Å². The molecule has 0 amide bonds. The van der Waals surface area contributed by atoms with Crippen molar-refractivity contribution in [3.05, 3.63) is 0 Å². The van der Waals surface area contributed by atoms with Crippen molar-refractivity contribution in [2.24, 2.45) is 5.73 Å². The van der Waals surface area contributed by atoms with E-state index in [1.165, 1.54) is 51.4 Å². The highest BCUT2D eigenvalue weighted by molar-refractivity contribution is 5.66. The number of rotatable bonds is 13. The molecule has 108 valence electrons. The molecule has 3 N–H and O–H groups in total. The normalized spacial score (nSPS) is 12.6. The topological polar surface area (TPSA) is 63.3 Å². The van der Waals surface area contributed by atoms with Gasteiger partial charge in [-0.1, -0.05) is 58.3 Å². The molecule has 0 spiro atoms. The number of carboxylic acids is 1. The van der Waals surface area contributed by atoms with Crippen LogP contribution in [0.25, 0.3) is 0 Å². The Balaban J connectivity index is 3.05. The molecule has 18 heavy (non-hydrogen) atoms. The van der Waals surface area contributed by atoms with Gasteiger partial charge in [-0.25, -0.2) is 0 Å². The van der Waals surface area contributed by atoms with Crippen molar-refractivity contribution in [1.82, 2.24) is 0 Å². The number of unbranched alkanes of at least 4 members (excludes halogenated alkanes) is 7. The molecule has 0 bridgehead atoms. The Labute approximate surface area is 112 Å². The van der Waals surface area contributed by atoms with E-state index in [0.717, 1.165) is 19.3 Å². The van der Waals surface area contributed by atoms with Crippen LogP contribution in [0.2, 0.25) is 0 Å².